The zero-order chi connectivity index (χ0) is 13.1. The molecule has 0 saturated carbocycles. The van der Waals surface area contributed by atoms with Crippen LogP contribution in [0, 0.1) is 17.4 Å². The van der Waals surface area contributed by atoms with Gasteiger partial charge in [-0.3, -0.25) is 0 Å². The van der Waals surface area contributed by atoms with E-state index in [1.807, 2.05) is 0 Å². The molecule has 0 aliphatic carbocycles. The van der Waals surface area contributed by atoms with Crippen molar-refractivity contribution in [2.75, 3.05) is 5.32 Å². The molecule has 0 heterocycles. The van der Waals surface area contributed by atoms with E-state index in [1.54, 1.807) is 0 Å². The SMILES string of the molecule is Cc1ccc(CNc2ccc(I)c(Br)c2)cc1C. The summed E-state index contributed by atoms with van der Waals surface area (Å²) in [5.41, 5.74) is 5.14. The topological polar surface area (TPSA) is 12.0 Å². The van der Waals surface area contributed by atoms with E-state index in [-0.39, 0.29) is 0 Å². The molecule has 0 atom stereocenters. The number of benzene rings is 2. The van der Waals surface area contributed by atoms with Crippen LogP contribution < -0.4 is 5.32 Å². The zero-order valence-electron chi connectivity index (χ0n) is 10.4. The fourth-order valence-electron chi connectivity index (χ4n) is 1.72. The third-order valence-electron chi connectivity index (χ3n) is 2.99. The Bertz CT molecular complexity index is 515. The van der Waals surface area contributed by atoms with Crippen LogP contribution in [0.15, 0.2) is 40.9 Å². The fourth-order valence-corrected chi connectivity index (χ4v) is 2.44. The van der Waals surface area contributed by atoms with Crippen LogP contribution in [0.25, 0.3) is 0 Å². The summed E-state index contributed by atoms with van der Waals surface area (Å²) in [6.45, 7) is 5.15. The highest BCUT2D eigenvalue weighted by atomic mass is 127. The fraction of sp³-hybridized carbons (Fsp3) is 0.200. The summed E-state index contributed by atoms with van der Waals surface area (Å²) < 4.78 is 2.36. The molecule has 0 fully saturated rings. The van der Waals surface area contributed by atoms with Crippen molar-refractivity contribution in [1.29, 1.82) is 0 Å². The van der Waals surface area contributed by atoms with Crippen LogP contribution in [0.3, 0.4) is 0 Å². The lowest BCUT2D eigenvalue weighted by Gasteiger charge is -2.09. The Kier molecular flexibility index (Phi) is 4.67. The highest BCUT2D eigenvalue weighted by Gasteiger charge is 2.00. The van der Waals surface area contributed by atoms with Gasteiger partial charge in [0.15, 0.2) is 0 Å². The predicted octanol–water partition coefficient (Wildman–Crippen LogP) is 5.28. The molecule has 0 bridgehead atoms. The first-order valence-corrected chi connectivity index (χ1v) is 7.68. The molecule has 0 unspecified atom stereocenters. The molecule has 0 aromatic heterocycles. The van der Waals surface area contributed by atoms with Crippen molar-refractivity contribution >= 4 is 44.2 Å². The molecule has 2 rings (SSSR count). The van der Waals surface area contributed by atoms with Crippen LogP contribution in [0.4, 0.5) is 5.69 Å². The first-order valence-electron chi connectivity index (χ1n) is 5.81. The van der Waals surface area contributed by atoms with Gasteiger partial charge in [-0.25, -0.2) is 0 Å². The molecule has 0 saturated heterocycles. The summed E-state index contributed by atoms with van der Waals surface area (Å²) in [6, 6.07) is 12.9. The molecule has 1 N–H and O–H groups in total. The number of aryl methyl sites for hydroxylation is 2. The van der Waals surface area contributed by atoms with Gasteiger partial charge in [-0.15, -0.1) is 0 Å². The molecule has 2 aromatic rings. The van der Waals surface area contributed by atoms with E-state index in [9.17, 15) is 0 Å². The molecular formula is C15H15BrIN. The monoisotopic (exact) mass is 415 g/mol. The van der Waals surface area contributed by atoms with E-state index in [0.717, 1.165) is 16.7 Å². The van der Waals surface area contributed by atoms with Gasteiger partial charge >= 0.3 is 0 Å². The minimum atomic E-state index is 0.855. The second kappa shape index (κ2) is 6.06. The molecule has 2 aromatic carbocycles. The highest BCUT2D eigenvalue weighted by molar-refractivity contribution is 14.1. The van der Waals surface area contributed by atoms with Crippen LogP contribution in [0.5, 0.6) is 0 Å². The molecule has 0 amide bonds. The van der Waals surface area contributed by atoms with Crippen molar-refractivity contribution in [2.45, 2.75) is 20.4 Å². The van der Waals surface area contributed by atoms with E-state index in [1.165, 1.54) is 20.3 Å². The molecule has 0 spiro atoms. The van der Waals surface area contributed by atoms with Gasteiger partial charge in [0.2, 0.25) is 0 Å². The Morgan fingerprint density at radius 1 is 1.06 bits per heavy atom. The molecule has 3 heteroatoms. The lowest BCUT2D eigenvalue weighted by Crippen LogP contribution is -2.00. The second-order valence-electron chi connectivity index (χ2n) is 4.40. The molecular weight excluding hydrogens is 401 g/mol. The van der Waals surface area contributed by atoms with Crippen molar-refractivity contribution in [3.8, 4) is 0 Å². The van der Waals surface area contributed by atoms with Gasteiger partial charge in [0.1, 0.15) is 0 Å². The van der Waals surface area contributed by atoms with Gasteiger partial charge in [-0.1, -0.05) is 18.2 Å². The molecule has 0 radical (unpaired) electrons. The van der Waals surface area contributed by atoms with Gasteiger partial charge in [0.25, 0.3) is 0 Å². The van der Waals surface area contributed by atoms with E-state index < -0.39 is 0 Å². The number of hydrogen-bond acceptors (Lipinski definition) is 1. The summed E-state index contributed by atoms with van der Waals surface area (Å²) in [4.78, 5) is 0. The Hall–Kier alpha value is -0.550. The van der Waals surface area contributed by atoms with E-state index in [4.69, 9.17) is 0 Å². The predicted molar refractivity (Wildman–Crippen MR) is 90.1 cm³/mol. The first-order chi connectivity index (χ1) is 8.56. The van der Waals surface area contributed by atoms with Crippen LogP contribution in [-0.2, 0) is 6.54 Å². The van der Waals surface area contributed by atoms with Crippen molar-refractivity contribution in [2.24, 2.45) is 0 Å². The summed E-state index contributed by atoms with van der Waals surface area (Å²) >= 11 is 5.86. The number of hydrogen-bond donors (Lipinski definition) is 1. The molecule has 0 aliphatic heterocycles. The minimum absolute atomic E-state index is 0.855. The Labute approximate surface area is 130 Å². The van der Waals surface area contributed by atoms with E-state index in [0.29, 0.717) is 0 Å². The minimum Gasteiger partial charge on any atom is -0.381 e. The van der Waals surface area contributed by atoms with Crippen molar-refractivity contribution in [3.05, 3.63) is 61.1 Å². The maximum absolute atomic E-state index is 3.55. The number of halogens is 2. The third-order valence-corrected chi connectivity index (χ3v) is 5.33. The largest absolute Gasteiger partial charge is 0.381 e. The average Bonchev–Trinajstić information content (AvgIpc) is 2.35. The van der Waals surface area contributed by atoms with Crippen LogP contribution in [0.2, 0.25) is 0 Å². The van der Waals surface area contributed by atoms with Crippen molar-refractivity contribution < 1.29 is 0 Å². The van der Waals surface area contributed by atoms with Crippen molar-refractivity contribution in [3.63, 3.8) is 0 Å². The molecule has 1 nitrogen and oxygen atoms in total. The van der Waals surface area contributed by atoms with Gasteiger partial charge < -0.3 is 5.32 Å². The zero-order valence-corrected chi connectivity index (χ0v) is 14.2. The van der Waals surface area contributed by atoms with Crippen LogP contribution >= 0.6 is 38.5 Å². The smallest absolute Gasteiger partial charge is 0.0400 e. The van der Waals surface area contributed by atoms with Crippen LogP contribution in [-0.4, -0.2) is 0 Å². The Balaban J connectivity index is 2.06. The van der Waals surface area contributed by atoms with Gasteiger partial charge in [0.05, 0.1) is 0 Å². The average molecular weight is 416 g/mol. The lowest BCUT2D eigenvalue weighted by atomic mass is 10.1. The molecule has 94 valence electrons. The standard InChI is InChI=1S/C15H15BrIN/c1-10-3-4-12(7-11(10)2)9-18-13-5-6-15(17)14(16)8-13/h3-8,18H,9H2,1-2H3. The summed E-state index contributed by atoms with van der Waals surface area (Å²) in [5, 5.41) is 3.44. The van der Waals surface area contributed by atoms with Crippen LogP contribution in [0.1, 0.15) is 16.7 Å². The molecule has 18 heavy (non-hydrogen) atoms. The second-order valence-corrected chi connectivity index (χ2v) is 6.42. The van der Waals surface area contributed by atoms with Crippen molar-refractivity contribution in [1.82, 2.24) is 0 Å². The number of rotatable bonds is 3. The normalized spacial score (nSPS) is 10.4. The van der Waals surface area contributed by atoms with Gasteiger partial charge in [-0.2, -0.15) is 0 Å². The van der Waals surface area contributed by atoms with E-state index in [2.05, 4.69) is 94.1 Å². The maximum atomic E-state index is 3.55. The maximum Gasteiger partial charge on any atom is 0.0400 e. The number of nitrogens with one attached hydrogen (secondary N) is 1. The first kappa shape index (κ1) is 13.9. The highest BCUT2D eigenvalue weighted by Crippen LogP contribution is 2.23. The molecule has 0 aliphatic rings. The lowest BCUT2D eigenvalue weighted by molar-refractivity contribution is 1.13. The summed E-state index contributed by atoms with van der Waals surface area (Å²) in [7, 11) is 0. The van der Waals surface area contributed by atoms with Gasteiger partial charge in [0, 0.05) is 20.3 Å². The van der Waals surface area contributed by atoms with E-state index >= 15 is 0 Å². The van der Waals surface area contributed by atoms with Gasteiger partial charge in [-0.05, 0) is 87.3 Å². The number of anilines is 1. The third kappa shape index (κ3) is 3.48. The Morgan fingerprint density at radius 3 is 2.50 bits per heavy atom. The Morgan fingerprint density at radius 2 is 1.83 bits per heavy atom. The quantitative estimate of drug-likeness (QED) is 0.672. The summed E-state index contributed by atoms with van der Waals surface area (Å²) in [6.07, 6.45) is 0. The summed E-state index contributed by atoms with van der Waals surface area (Å²) in [5.74, 6) is 0.